The fraction of sp³-hybridized carbons (Fsp3) is 0.600. The minimum atomic E-state index is 0.280. The number of ether oxygens (including phenoxy) is 1. The van der Waals surface area contributed by atoms with Crippen molar-refractivity contribution in [3.63, 3.8) is 0 Å². The Balaban J connectivity index is 2.14. The van der Waals surface area contributed by atoms with E-state index in [1.165, 1.54) is 12.0 Å². The molecule has 0 saturated carbocycles. The molecule has 3 nitrogen and oxygen atoms in total. The van der Waals surface area contributed by atoms with Crippen LogP contribution in [0.15, 0.2) is 28.7 Å². The van der Waals surface area contributed by atoms with Crippen LogP contribution in [0.1, 0.15) is 24.9 Å². The molecule has 0 aromatic heterocycles. The maximum atomic E-state index is 6.01. The van der Waals surface area contributed by atoms with Gasteiger partial charge in [0.05, 0.1) is 6.10 Å². The second kappa shape index (κ2) is 6.84. The van der Waals surface area contributed by atoms with Crippen molar-refractivity contribution < 1.29 is 4.74 Å². The van der Waals surface area contributed by atoms with Crippen LogP contribution in [0.3, 0.4) is 0 Å². The van der Waals surface area contributed by atoms with Gasteiger partial charge in [-0.05, 0) is 36.6 Å². The third kappa shape index (κ3) is 3.57. The fourth-order valence-corrected chi connectivity index (χ4v) is 3.27. The van der Waals surface area contributed by atoms with E-state index in [9.17, 15) is 0 Å². The first-order chi connectivity index (χ1) is 9.15. The highest BCUT2D eigenvalue weighted by molar-refractivity contribution is 9.10. The number of nitrogens with zero attached hydrogens (tertiary/aromatic N) is 1. The van der Waals surface area contributed by atoms with Gasteiger partial charge in [-0.25, -0.2) is 0 Å². The lowest BCUT2D eigenvalue weighted by atomic mass is 9.93. The van der Waals surface area contributed by atoms with Crippen molar-refractivity contribution in [1.29, 1.82) is 0 Å². The van der Waals surface area contributed by atoms with Crippen LogP contribution in [0.4, 0.5) is 0 Å². The number of rotatable bonds is 4. The van der Waals surface area contributed by atoms with Gasteiger partial charge in [0.2, 0.25) is 0 Å². The van der Waals surface area contributed by atoms with Crippen molar-refractivity contribution >= 4 is 15.9 Å². The van der Waals surface area contributed by atoms with Crippen LogP contribution in [0.25, 0.3) is 0 Å². The third-order valence-corrected chi connectivity index (χ3v) is 4.61. The smallest absolute Gasteiger partial charge is 0.0724 e. The number of benzene rings is 1. The van der Waals surface area contributed by atoms with E-state index in [4.69, 9.17) is 10.5 Å². The molecular formula is C15H23BrN2O. The summed E-state index contributed by atoms with van der Waals surface area (Å²) < 4.78 is 6.70. The molecule has 19 heavy (non-hydrogen) atoms. The Labute approximate surface area is 124 Å². The molecule has 0 aliphatic carbocycles. The average Bonchev–Trinajstić information content (AvgIpc) is 2.41. The number of halogens is 1. The van der Waals surface area contributed by atoms with E-state index in [1.54, 1.807) is 7.11 Å². The number of methoxy groups -OCH3 is 1. The lowest BCUT2D eigenvalue weighted by Crippen LogP contribution is -2.47. The van der Waals surface area contributed by atoms with E-state index in [-0.39, 0.29) is 6.04 Å². The van der Waals surface area contributed by atoms with E-state index < -0.39 is 0 Å². The highest BCUT2D eigenvalue weighted by Crippen LogP contribution is 2.28. The molecule has 1 aliphatic rings. The monoisotopic (exact) mass is 326 g/mol. The first kappa shape index (κ1) is 15.0. The summed E-state index contributed by atoms with van der Waals surface area (Å²) in [5, 5.41) is 0. The minimum absolute atomic E-state index is 0.280. The molecule has 1 saturated heterocycles. The van der Waals surface area contributed by atoms with Crippen LogP contribution in [0.2, 0.25) is 0 Å². The van der Waals surface area contributed by atoms with Gasteiger partial charge in [0, 0.05) is 30.7 Å². The normalized spacial score (nSPS) is 26.3. The Hall–Kier alpha value is -0.420. The second-order valence-electron chi connectivity index (χ2n) is 5.34. The fourth-order valence-electron chi connectivity index (χ4n) is 2.86. The average molecular weight is 327 g/mol. The summed E-state index contributed by atoms with van der Waals surface area (Å²) in [6.07, 6.45) is 1.48. The van der Waals surface area contributed by atoms with Gasteiger partial charge in [0.25, 0.3) is 0 Å². The SMILES string of the molecule is COC1CN(C(CN)c2cccc(Br)c2)CCC1C. The quantitative estimate of drug-likeness (QED) is 0.924. The molecule has 0 bridgehead atoms. The number of hydrogen-bond donors (Lipinski definition) is 1. The van der Waals surface area contributed by atoms with E-state index in [1.807, 2.05) is 6.07 Å². The Morgan fingerprint density at radius 1 is 1.53 bits per heavy atom. The minimum Gasteiger partial charge on any atom is -0.380 e. The maximum absolute atomic E-state index is 6.01. The van der Waals surface area contributed by atoms with Gasteiger partial charge in [-0.3, -0.25) is 4.90 Å². The van der Waals surface area contributed by atoms with E-state index in [0.29, 0.717) is 18.6 Å². The van der Waals surface area contributed by atoms with Gasteiger partial charge in [0.1, 0.15) is 0 Å². The van der Waals surface area contributed by atoms with Crippen molar-refractivity contribution in [2.24, 2.45) is 11.7 Å². The van der Waals surface area contributed by atoms with Crippen molar-refractivity contribution in [1.82, 2.24) is 4.90 Å². The van der Waals surface area contributed by atoms with Crippen LogP contribution in [0.5, 0.6) is 0 Å². The summed E-state index contributed by atoms with van der Waals surface area (Å²) >= 11 is 3.53. The zero-order valence-corrected chi connectivity index (χ0v) is 13.3. The second-order valence-corrected chi connectivity index (χ2v) is 6.26. The molecule has 106 valence electrons. The maximum Gasteiger partial charge on any atom is 0.0724 e. The van der Waals surface area contributed by atoms with Gasteiger partial charge < -0.3 is 10.5 Å². The van der Waals surface area contributed by atoms with Crippen LogP contribution in [-0.4, -0.2) is 37.7 Å². The summed E-state index contributed by atoms with van der Waals surface area (Å²) in [7, 11) is 1.81. The molecule has 1 heterocycles. The van der Waals surface area contributed by atoms with Crippen molar-refractivity contribution in [3.8, 4) is 0 Å². The lowest BCUT2D eigenvalue weighted by molar-refractivity contribution is -0.0183. The van der Waals surface area contributed by atoms with E-state index >= 15 is 0 Å². The lowest BCUT2D eigenvalue weighted by Gasteiger charge is -2.40. The Kier molecular flexibility index (Phi) is 5.39. The van der Waals surface area contributed by atoms with Gasteiger partial charge >= 0.3 is 0 Å². The summed E-state index contributed by atoms with van der Waals surface area (Å²) in [4.78, 5) is 2.45. The molecule has 0 radical (unpaired) electrons. The third-order valence-electron chi connectivity index (χ3n) is 4.12. The molecule has 1 aromatic carbocycles. The highest BCUT2D eigenvalue weighted by Gasteiger charge is 2.30. The summed E-state index contributed by atoms with van der Waals surface area (Å²) in [6.45, 7) is 4.96. The van der Waals surface area contributed by atoms with Crippen LogP contribution in [-0.2, 0) is 4.74 Å². The first-order valence-electron chi connectivity index (χ1n) is 6.88. The standard InChI is InChI=1S/C15H23BrN2O/c1-11-6-7-18(10-15(11)19-2)14(9-17)12-4-3-5-13(16)8-12/h3-5,8,11,14-15H,6-7,9-10,17H2,1-2H3. The molecule has 3 atom stereocenters. The zero-order valence-electron chi connectivity index (χ0n) is 11.7. The van der Waals surface area contributed by atoms with Crippen molar-refractivity contribution in [2.75, 3.05) is 26.7 Å². The van der Waals surface area contributed by atoms with E-state index in [0.717, 1.165) is 17.6 Å². The Morgan fingerprint density at radius 3 is 2.95 bits per heavy atom. The van der Waals surface area contributed by atoms with Gasteiger partial charge in [-0.15, -0.1) is 0 Å². The highest BCUT2D eigenvalue weighted by atomic mass is 79.9. The molecule has 4 heteroatoms. The molecule has 0 spiro atoms. The van der Waals surface area contributed by atoms with Crippen LogP contribution < -0.4 is 5.73 Å². The first-order valence-corrected chi connectivity index (χ1v) is 7.67. The van der Waals surface area contributed by atoms with Gasteiger partial charge in [-0.1, -0.05) is 35.0 Å². The molecule has 3 unspecified atom stereocenters. The number of nitrogens with two attached hydrogens (primary N) is 1. The largest absolute Gasteiger partial charge is 0.380 e. The predicted molar refractivity (Wildman–Crippen MR) is 82.1 cm³/mol. The van der Waals surface area contributed by atoms with Crippen molar-refractivity contribution in [2.45, 2.75) is 25.5 Å². The van der Waals surface area contributed by atoms with Gasteiger partial charge in [-0.2, -0.15) is 0 Å². The topological polar surface area (TPSA) is 38.5 Å². The van der Waals surface area contributed by atoms with Crippen LogP contribution in [0, 0.1) is 5.92 Å². The van der Waals surface area contributed by atoms with Crippen LogP contribution >= 0.6 is 15.9 Å². The molecule has 2 rings (SSSR count). The summed E-state index contributed by atoms with van der Waals surface area (Å²) in [6, 6.07) is 8.72. The number of hydrogen-bond acceptors (Lipinski definition) is 3. The predicted octanol–water partition coefficient (Wildman–Crippen LogP) is 2.81. The Bertz CT molecular complexity index is 413. The molecule has 0 amide bonds. The number of likely N-dealkylation sites (tertiary alicyclic amines) is 1. The van der Waals surface area contributed by atoms with E-state index in [2.05, 4.69) is 46.0 Å². The molecule has 1 aliphatic heterocycles. The molecule has 1 fully saturated rings. The molecule has 1 aromatic rings. The van der Waals surface area contributed by atoms with Gasteiger partial charge in [0.15, 0.2) is 0 Å². The number of piperidine rings is 1. The summed E-state index contributed by atoms with van der Waals surface area (Å²) in [5.74, 6) is 0.627. The molecule has 2 N–H and O–H groups in total. The zero-order chi connectivity index (χ0) is 13.8. The summed E-state index contributed by atoms with van der Waals surface area (Å²) in [5.41, 5.74) is 7.29. The Morgan fingerprint density at radius 2 is 2.32 bits per heavy atom. The molecular weight excluding hydrogens is 304 g/mol. The van der Waals surface area contributed by atoms with Crippen molar-refractivity contribution in [3.05, 3.63) is 34.3 Å².